The molecule has 12 nitrogen and oxygen atoms in total. The molecule has 0 aliphatic carbocycles. The van der Waals surface area contributed by atoms with Crippen LogP contribution in [0, 0.1) is 5.82 Å². The third-order valence-electron chi connectivity index (χ3n) is 7.06. The first-order valence-electron chi connectivity index (χ1n) is 13.6. The molecule has 0 radical (unpaired) electrons. The van der Waals surface area contributed by atoms with E-state index in [-0.39, 0.29) is 25.2 Å². The highest BCUT2D eigenvalue weighted by Gasteiger charge is 2.33. The number of ether oxygens (including phenoxy) is 2. The van der Waals surface area contributed by atoms with Gasteiger partial charge in [-0.1, -0.05) is 30.3 Å². The Bertz CT molecular complexity index is 1380. The molecule has 4 heterocycles. The molecule has 0 N–H and O–H groups in total. The summed E-state index contributed by atoms with van der Waals surface area (Å²) < 4.78 is 27.5. The van der Waals surface area contributed by atoms with E-state index in [0.29, 0.717) is 54.2 Å². The molecule has 3 aromatic rings. The number of amides is 1. The topological polar surface area (TPSA) is 124 Å². The van der Waals surface area contributed by atoms with Gasteiger partial charge in [-0.15, -0.1) is 5.10 Å². The van der Waals surface area contributed by atoms with Crippen LogP contribution in [0.5, 0.6) is 0 Å². The lowest BCUT2D eigenvalue weighted by Crippen LogP contribution is -2.27. The van der Waals surface area contributed by atoms with E-state index in [1.54, 1.807) is 47.5 Å². The average molecular weight is 566 g/mol. The molecule has 2 aliphatic heterocycles. The van der Waals surface area contributed by atoms with Gasteiger partial charge in [0.15, 0.2) is 6.10 Å². The minimum absolute atomic E-state index is 0.117. The van der Waals surface area contributed by atoms with Crippen LogP contribution in [0.15, 0.2) is 54.1 Å². The third kappa shape index (κ3) is 6.85. The second kappa shape index (κ2) is 12.9. The molecule has 5 rings (SSSR count). The molecule has 1 aromatic carbocycles. The standard InChI is InChI=1S/C28H32FN7O5/c1-3-34(4-2)11-9-27(37)39-18-21-14-26(32-41-21)25-8-5-19(15-30-25)23-7-6-20(13-24(23)29)36-17-22(40-28(36)38)16-35-12-10-31-33-35/h5-8,10,12-13,15,21-22H,3-4,9,11,14,16-18H2,1-2H3. The van der Waals surface area contributed by atoms with Gasteiger partial charge in [-0.05, 0) is 37.4 Å². The molecule has 2 atom stereocenters. The quantitative estimate of drug-likeness (QED) is 0.304. The largest absolute Gasteiger partial charge is 0.462 e. The van der Waals surface area contributed by atoms with Crippen LogP contribution in [0.1, 0.15) is 32.4 Å². The van der Waals surface area contributed by atoms with Gasteiger partial charge in [0.25, 0.3) is 0 Å². The second-order valence-corrected chi connectivity index (χ2v) is 9.77. The van der Waals surface area contributed by atoms with E-state index in [9.17, 15) is 9.59 Å². The zero-order chi connectivity index (χ0) is 28.8. The predicted octanol–water partition coefficient (Wildman–Crippen LogP) is 3.27. The van der Waals surface area contributed by atoms with Crippen LogP contribution in [0.25, 0.3) is 11.1 Å². The number of aromatic nitrogens is 4. The third-order valence-corrected chi connectivity index (χ3v) is 7.06. The number of carbonyl (C=O) groups is 2. The van der Waals surface area contributed by atoms with Crippen molar-refractivity contribution >= 4 is 23.5 Å². The van der Waals surface area contributed by atoms with E-state index in [4.69, 9.17) is 14.3 Å². The van der Waals surface area contributed by atoms with Crippen LogP contribution in [0.4, 0.5) is 14.9 Å². The summed E-state index contributed by atoms with van der Waals surface area (Å²) in [6, 6.07) is 8.09. The summed E-state index contributed by atoms with van der Waals surface area (Å²) in [4.78, 5) is 37.9. The molecule has 1 saturated heterocycles. The summed E-state index contributed by atoms with van der Waals surface area (Å²) in [6.07, 6.45) is 4.23. The monoisotopic (exact) mass is 565 g/mol. The Morgan fingerprint density at radius 3 is 2.76 bits per heavy atom. The Hall–Kier alpha value is -4.39. The number of anilines is 1. The van der Waals surface area contributed by atoms with Gasteiger partial charge in [-0.25, -0.2) is 13.9 Å². The first-order valence-corrected chi connectivity index (χ1v) is 13.6. The summed E-state index contributed by atoms with van der Waals surface area (Å²) in [5.74, 6) is -0.758. The maximum absolute atomic E-state index is 15.1. The van der Waals surface area contributed by atoms with E-state index >= 15 is 4.39 Å². The van der Waals surface area contributed by atoms with Crippen molar-refractivity contribution in [3.63, 3.8) is 0 Å². The molecule has 2 aliphatic rings. The van der Waals surface area contributed by atoms with Gasteiger partial charge >= 0.3 is 12.1 Å². The number of nitrogens with zero attached hydrogens (tertiary/aromatic N) is 7. The molecular formula is C28H32FN7O5. The molecular weight excluding hydrogens is 533 g/mol. The zero-order valence-corrected chi connectivity index (χ0v) is 23.0. The average Bonchev–Trinajstić information content (AvgIpc) is 3.75. The van der Waals surface area contributed by atoms with E-state index in [0.717, 1.165) is 13.1 Å². The maximum Gasteiger partial charge on any atom is 0.414 e. The van der Waals surface area contributed by atoms with Crippen LogP contribution in [0.3, 0.4) is 0 Å². The normalized spacial score (nSPS) is 18.4. The lowest BCUT2D eigenvalue weighted by molar-refractivity contribution is -0.147. The summed E-state index contributed by atoms with van der Waals surface area (Å²) in [7, 11) is 0. The van der Waals surface area contributed by atoms with E-state index in [2.05, 4.69) is 39.2 Å². The van der Waals surface area contributed by atoms with Crippen LogP contribution in [0.2, 0.25) is 0 Å². The van der Waals surface area contributed by atoms with Crippen molar-refractivity contribution in [2.75, 3.05) is 37.7 Å². The lowest BCUT2D eigenvalue weighted by Gasteiger charge is -2.17. The predicted molar refractivity (Wildman–Crippen MR) is 147 cm³/mol. The highest BCUT2D eigenvalue weighted by Crippen LogP contribution is 2.29. The number of oxime groups is 1. The van der Waals surface area contributed by atoms with E-state index in [1.165, 1.54) is 11.0 Å². The fraction of sp³-hybridized carbons (Fsp3) is 0.429. The highest BCUT2D eigenvalue weighted by atomic mass is 19.1. The van der Waals surface area contributed by atoms with Crippen molar-refractivity contribution in [1.29, 1.82) is 0 Å². The summed E-state index contributed by atoms with van der Waals surface area (Å²) in [5, 5.41) is 11.7. The Morgan fingerprint density at radius 2 is 2.05 bits per heavy atom. The molecule has 13 heteroatoms. The van der Waals surface area contributed by atoms with Crippen molar-refractivity contribution in [2.45, 2.75) is 45.4 Å². The van der Waals surface area contributed by atoms with Crippen molar-refractivity contribution in [1.82, 2.24) is 24.9 Å². The Morgan fingerprint density at radius 1 is 1.20 bits per heavy atom. The van der Waals surface area contributed by atoms with Gasteiger partial charge in [0, 0.05) is 36.5 Å². The number of cyclic esters (lactones) is 1. The fourth-order valence-corrected chi connectivity index (χ4v) is 4.71. The molecule has 0 bridgehead atoms. The number of halogens is 1. The molecule has 216 valence electrons. The molecule has 2 unspecified atom stereocenters. The van der Waals surface area contributed by atoms with Crippen molar-refractivity contribution in [3.05, 3.63) is 60.4 Å². The smallest absolute Gasteiger partial charge is 0.414 e. The molecule has 2 aromatic heterocycles. The maximum atomic E-state index is 15.1. The SMILES string of the molecule is CCN(CC)CCC(=O)OCC1CC(c2ccc(-c3ccc(N4CC(Cn5ccnn5)OC4=O)cc3F)cn2)=NO1. The van der Waals surface area contributed by atoms with Gasteiger partial charge < -0.3 is 19.2 Å². The molecule has 41 heavy (non-hydrogen) atoms. The Kier molecular flexibility index (Phi) is 8.82. The summed E-state index contributed by atoms with van der Waals surface area (Å²) >= 11 is 0. The van der Waals surface area contributed by atoms with Gasteiger partial charge in [0.1, 0.15) is 24.2 Å². The van der Waals surface area contributed by atoms with E-state index < -0.39 is 18.0 Å². The van der Waals surface area contributed by atoms with Crippen molar-refractivity contribution in [2.24, 2.45) is 5.16 Å². The highest BCUT2D eigenvalue weighted by molar-refractivity contribution is 5.99. The second-order valence-electron chi connectivity index (χ2n) is 9.77. The molecule has 1 fully saturated rings. The van der Waals surface area contributed by atoms with Crippen LogP contribution < -0.4 is 4.90 Å². The number of esters is 1. The lowest BCUT2D eigenvalue weighted by atomic mass is 10.0. The van der Waals surface area contributed by atoms with Gasteiger partial charge in [0.2, 0.25) is 0 Å². The minimum Gasteiger partial charge on any atom is -0.462 e. The Balaban J connectivity index is 1.14. The number of hydrogen-bond donors (Lipinski definition) is 0. The molecule has 0 spiro atoms. The molecule has 1 amide bonds. The van der Waals surface area contributed by atoms with Gasteiger partial charge in [0.05, 0.1) is 37.1 Å². The first-order chi connectivity index (χ1) is 19.9. The number of hydrogen-bond acceptors (Lipinski definition) is 10. The van der Waals surface area contributed by atoms with E-state index in [1.807, 2.05) is 0 Å². The van der Waals surface area contributed by atoms with Crippen molar-refractivity contribution < 1.29 is 28.3 Å². The number of carbonyl (C=O) groups excluding carboxylic acids is 2. The fourth-order valence-electron chi connectivity index (χ4n) is 4.71. The summed E-state index contributed by atoms with van der Waals surface area (Å²) in [6.45, 7) is 7.30. The zero-order valence-electron chi connectivity index (χ0n) is 23.0. The van der Waals surface area contributed by atoms with Gasteiger partial charge in [-0.2, -0.15) is 0 Å². The molecule has 0 saturated carbocycles. The van der Waals surface area contributed by atoms with Crippen LogP contribution >= 0.6 is 0 Å². The van der Waals surface area contributed by atoms with Crippen LogP contribution in [-0.2, 0) is 25.7 Å². The van der Waals surface area contributed by atoms with Crippen molar-refractivity contribution in [3.8, 4) is 11.1 Å². The Labute approximate surface area is 236 Å². The first kappa shape index (κ1) is 28.1. The summed E-state index contributed by atoms with van der Waals surface area (Å²) in [5.41, 5.74) is 2.55. The number of pyridine rings is 1. The van der Waals surface area contributed by atoms with Gasteiger partial charge in [-0.3, -0.25) is 14.7 Å². The van der Waals surface area contributed by atoms with Crippen LogP contribution in [-0.4, -0.2) is 87.6 Å². The number of benzene rings is 1. The number of rotatable bonds is 12. The minimum atomic E-state index is -0.541.